The topological polar surface area (TPSA) is 74.6 Å². The summed E-state index contributed by atoms with van der Waals surface area (Å²) < 4.78 is 18.3. The van der Waals surface area contributed by atoms with Gasteiger partial charge in [0.2, 0.25) is 0 Å². The molecule has 7 nitrogen and oxygen atoms in total. The maximum Gasteiger partial charge on any atom is 0.272 e. The fraction of sp³-hybridized carbons (Fsp3) is 0.273. The van der Waals surface area contributed by atoms with Gasteiger partial charge in [-0.15, -0.1) is 0 Å². The molecule has 1 aromatic heterocycles. The Morgan fingerprint density at radius 2 is 2.00 bits per heavy atom. The lowest BCUT2D eigenvalue weighted by atomic mass is 10.1. The number of rotatable bonds is 6. The normalized spacial score (nSPS) is 15.4. The number of ether oxygens (including phenoxy) is 3. The third kappa shape index (κ3) is 4.27. The molecule has 1 amide bonds. The Labute approximate surface area is 179 Å². The van der Waals surface area contributed by atoms with Gasteiger partial charge >= 0.3 is 0 Å². The van der Waals surface area contributed by atoms with E-state index in [1.165, 1.54) is 0 Å². The average Bonchev–Trinajstić information content (AvgIpc) is 3.21. The van der Waals surface area contributed by atoms with Crippen molar-refractivity contribution in [3.8, 4) is 11.5 Å². The average molecular weight is 428 g/mol. The number of carbonyl (C=O) groups excluding carboxylic acids is 1. The molecule has 0 unspecified atom stereocenters. The van der Waals surface area contributed by atoms with Gasteiger partial charge in [0.05, 0.1) is 33.1 Å². The largest absolute Gasteiger partial charge is 0.497 e. The van der Waals surface area contributed by atoms with Crippen LogP contribution in [0.4, 0.5) is 0 Å². The van der Waals surface area contributed by atoms with E-state index in [-0.39, 0.29) is 12.0 Å². The van der Waals surface area contributed by atoms with Crippen molar-refractivity contribution in [2.45, 2.75) is 25.8 Å². The Morgan fingerprint density at radius 3 is 2.73 bits per heavy atom. The van der Waals surface area contributed by atoms with Crippen LogP contribution in [0.5, 0.6) is 11.5 Å². The molecule has 0 aliphatic carbocycles. The minimum atomic E-state index is -0.252. The van der Waals surface area contributed by atoms with Gasteiger partial charge in [-0.05, 0) is 35.9 Å². The van der Waals surface area contributed by atoms with Crippen LogP contribution in [0.25, 0.3) is 0 Å². The van der Waals surface area contributed by atoms with Crippen LogP contribution in [0.2, 0.25) is 5.02 Å². The quantitative estimate of drug-likeness (QED) is 0.648. The van der Waals surface area contributed by atoms with E-state index in [0.717, 1.165) is 16.8 Å². The Bertz CT molecular complexity index is 1050. The number of fused-ring (bicyclic) bond motifs is 1. The van der Waals surface area contributed by atoms with Crippen LogP contribution in [-0.2, 0) is 24.4 Å². The number of nitrogens with zero attached hydrogens (tertiary/aromatic N) is 2. The molecule has 2 aromatic carbocycles. The highest BCUT2D eigenvalue weighted by atomic mass is 35.5. The summed E-state index contributed by atoms with van der Waals surface area (Å²) in [6, 6.07) is 14.8. The first-order valence-corrected chi connectivity index (χ1v) is 9.88. The van der Waals surface area contributed by atoms with Crippen LogP contribution >= 0.6 is 11.6 Å². The minimum Gasteiger partial charge on any atom is -0.497 e. The summed E-state index contributed by atoms with van der Waals surface area (Å²) in [7, 11) is 3.18. The fourth-order valence-electron chi connectivity index (χ4n) is 3.38. The molecule has 0 spiro atoms. The minimum absolute atomic E-state index is 0.130. The van der Waals surface area contributed by atoms with Gasteiger partial charge in [-0.1, -0.05) is 23.7 Å². The standard InChI is InChI=1S/C22H22ClN3O4/c1-28-18-8-5-15(20(10-18)29-2)11-24-22(27)19-9-17-13-30-21(12-26(17)25-19)14-3-6-16(23)7-4-14/h3-10,21H,11-13H2,1-2H3,(H,24,27)/t21-/m0/s1. The Kier molecular flexibility index (Phi) is 5.92. The first kappa shape index (κ1) is 20.3. The summed E-state index contributed by atoms with van der Waals surface area (Å²) in [4.78, 5) is 12.6. The predicted molar refractivity (Wildman–Crippen MR) is 112 cm³/mol. The Hall–Kier alpha value is -3.03. The molecule has 0 fully saturated rings. The zero-order chi connectivity index (χ0) is 21.1. The smallest absolute Gasteiger partial charge is 0.272 e. The van der Waals surface area contributed by atoms with Crippen molar-refractivity contribution in [3.05, 3.63) is 76.1 Å². The fourth-order valence-corrected chi connectivity index (χ4v) is 3.51. The van der Waals surface area contributed by atoms with Crippen molar-refractivity contribution in [2.24, 2.45) is 0 Å². The molecule has 1 aliphatic heterocycles. The number of amides is 1. The summed E-state index contributed by atoms with van der Waals surface area (Å²) in [5.41, 5.74) is 3.10. The lowest BCUT2D eigenvalue weighted by molar-refractivity contribution is -0.00119. The van der Waals surface area contributed by atoms with E-state index in [9.17, 15) is 4.79 Å². The zero-order valence-corrected chi connectivity index (χ0v) is 17.5. The molecule has 1 aliphatic rings. The predicted octanol–water partition coefficient (Wildman–Crippen LogP) is 3.76. The summed E-state index contributed by atoms with van der Waals surface area (Å²) in [6.07, 6.45) is -0.130. The van der Waals surface area contributed by atoms with Crippen LogP contribution in [0.15, 0.2) is 48.5 Å². The van der Waals surface area contributed by atoms with Crippen LogP contribution in [0.1, 0.15) is 33.4 Å². The lowest BCUT2D eigenvalue weighted by Gasteiger charge is -2.24. The van der Waals surface area contributed by atoms with E-state index in [2.05, 4.69) is 10.4 Å². The molecule has 1 N–H and O–H groups in total. The van der Waals surface area contributed by atoms with Gasteiger partial charge in [-0.25, -0.2) is 0 Å². The first-order chi connectivity index (χ1) is 14.6. The first-order valence-electron chi connectivity index (χ1n) is 9.50. The van der Waals surface area contributed by atoms with Crippen molar-refractivity contribution in [1.29, 1.82) is 0 Å². The van der Waals surface area contributed by atoms with Crippen LogP contribution in [0, 0.1) is 0 Å². The second-order valence-corrected chi connectivity index (χ2v) is 7.35. The molecular weight excluding hydrogens is 406 g/mol. The number of halogens is 1. The van der Waals surface area contributed by atoms with Crippen LogP contribution < -0.4 is 14.8 Å². The SMILES string of the molecule is COc1ccc(CNC(=O)c2cc3n(n2)C[C@@H](c2ccc(Cl)cc2)OC3)c(OC)c1. The maximum atomic E-state index is 12.6. The molecular formula is C22H22ClN3O4. The summed E-state index contributed by atoms with van der Waals surface area (Å²) in [5, 5.41) is 8.05. The number of aromatic nitrogens is 2. The molecule has 0 saturated carbocycles. The van der Waals surface area contributed by atoms with Crippen molar-refractivity contribution < 1.29 is 19.0 Å². The zero-order valence-electron chi connectivity index (χ0n) is 16.7. The molecule has 156 valence electrons. The number of benzene rings is 2. The molecule has 2 heterocycles. The molecule has 3 aromatic rings. The molecule has 0 radical (unpaired) electrons. The third-order valence-corrected chi connectivity index (χ3v) is 5.29. The number of nitrogens with one attached hydrogen (secondary N) is 1. The number of hydrogen-bond acceptors (Lipinski definition) is 5. The van der Waals surface area contributed by atoms with E-state index in [1.807, 2.05) is 41.1 Å². The number of carbonyl (C=O) groups is 1. The molecule has 0 saturated heterocycles. The van der Waals surface area contributed by atoms with Gasteiger partial charge in [0, 0.05) is 23.2 Å². The summed E-state index contributed by atoms with van der Waals surface area (Å²) >= 11 is 5.96. The maximum absolute atomic E-state index is 12.6. The number of hydrogen-bond donors (Lipinski definition) is 1. The summed E-state index contributed by atoms with van der Waals surface area (Å²) in [6.45, 7) is 1.24. The van der Waals surface area contributed by atoms with Gasteiger partial charge in [0.25, 0.3) is 5.91 Å². The van der Waals surface area contributed by atoms with Crippen molar-refractivity contribution in [3.63, 3.8) is 0 Å². The molecule has 1 atom stereocenters. The van der Waals surface area contributed by atoms with E-state index >= 15 is 0 Å². The molecule has 0 bridgehead atoms. The highest BCUT2D eigenvalue weighted by Gasteiger charge is 2.24. The lowest BCUT2D eigenvalue weighted by Crippen LogP contribution is -2.24. The van der Waals surface area contributed by atoms with Crippen LogP contribution in [-0.4, -0.2) is 29.9 Å². The van der Waals surface area contributed by atoms with Crippen molar-refractivity contribution in [1.82, 2.24) is 15.1 Å². The van der Waals surface area contributed by atoms with E-state index in [0.29, 0.717) is 41.9 Å². The highest BCUT2D eigenvalue weighted by Crippen LogP contribution is 2.28. The highest BCUT2D eigenvalue weighted by molar-refractivity contribution is 6.30. The van der Waals surface area contributed by atoms with Gasteiger partial charge in [0.1, 0.15) is 17.6 Å². The molecule has 4 rings (SSSR count). The van der Waals surface area contributed by atoms with E-state index in [1.54, 1.807) is 26.4 Å². The Balaban J connectivity index is 1.43. The van der Waals surface area contributed by atoms with Gasteiger partial charge in [-0.3, -0.25) is 9.48 Å². The van der Waals surface area contributed by atoms with Gasteiger partial charge in [-0.2, -0.15) is 5.10 Å². The van der Waals surface area contributed by atoms with E-state index in [4.69, 9.17) is 25.8 Å². The van der Waals surface area contributed by atoms with Gasteiger partial charge in [0.15, 0.2) is 5.69 Å². The summed E-state index contributed by atoms with van der Waals surface area (Å²) in [5.74, 6) is 1.09. The number of methoxy groups -OCH3 is 2. The van der Waals surface area contributed by atoms with Gasteiger partial charge < -0.3 is 19.5 Å². The second kappa shape index (κ2) is 8.77. The third-order valence-electron chi connectivity index (χ3n) is 5.04. The molecule has 8 heteroatoms. The molecule has 30 heavy (non-hydrogen) atoms. The van der Waals surface area contributed by atoms with Crippen molar-refractivity contribution >= 4 is 17.5 Å². The second-order valence-electron chi connectivity index (χ2n) is 6.91. The van der Waals surface area contributed by atoms with Crippen molar-refractivity contribution in [2.75, 3.05) is 14.2 Å². The monoisotopic (exact) mass is 427 g/mol. The Morgan fingerprint density at radius 1 is 1.20 bits per heavy atom. The van der Waals surface area contributed by atoms with E-state index < -0.39 is 0 Å². The van der Waals surface area contributed by atoms with Crippen LogP contribution in [0.3, 0.4) is 0 Å².